The van der Waals surface area contributed by atoms with Crippen molar-refractivity contribution in [3.8, 4) is 0 Å². The van der Waals surface area contributed by atoms with E-state index in [1.807, 2.05) is 0 Å². The molecule has 2 amide bonds. The highest BCUT2D eigenvalue weighted by Crippen LogP contribution is 2.26. The second-order valence-corrected chi connectivity index (χ2v) is 5.66. The first-order chi connectivity index (χ1) is 11.5. The molecule has 6 heteroatoms. The highest BCUT2D eigenvalue weighted by molar-refractivity contribution is 6.21. The monoisotopic (exact) mass is 325 g/mol. The Kier molecular flexibility index (Phi) is 3.99. The summed E-state index contributed by atoms with van der Waals surface area (Å²) in [7, 11) is 0. The maximum absolute atomic E-state index is 13.2. The van der Waals surface area contributed by atoms with Crippen molar-refractivity contribution in [3.05, 3.63) is 70.8 Å². The average Bonchev–Trinajstić information content (AvgIpc) is 2.86. The number of hydrogen-bond acceptors (Lipinski definition) is 4. The van der Waals surface area contributed by atoms with Crippen molar-refractivity contribution in [2.75, 3.05) is 6.67 Å². The van der Waals surface area contributed by atoms with Gasteiger partial charge in [-0.05, 0) is 30.0 Å². The third-order valence-electron chi connectivity index (χ3n) is 4.13. The van der Waals surface area contributed by atoms with E-state index in [1.54, 1.807) is 48.5 Å². The van der Waals surface area contributed by atoms with Crippen molar-refractivity contribution in [1.29, 1.82) is 0 Å². The maximum Gasteiger partial charge on any atom is 0.261 e. The van der Waals surface area contributed by atoms with Crippen LogP contribution >= 0.6 is 0 Å². The van der Waals surface area contributed by atoms with Crippen molar-refractivity contribution in [3.63, 3.8) is 0 Å². The van der Waals surface area contributed by atoms with Gasteiger partial charge in [-0.15, -0.1) is 0 Å². The summed E-state index contributed by atoms with van der Waals surface area (Å²) in [5.41, 5.74) is 6.22. The molecule has 0 aliphatic carbocycles. The Morgan fingerprint density at radius 3 is 2.25 bits per heavy atom. The van der Waals surface area contributed by atoms with E-state index in [9.17, 15) is 14.0 Å². The van der Waals surface area contributed by atoms with Crippen LogP contribution < -0.4 is 5.73 Å². The van der Waals surface area contributed by atoms with Crippen LogP contribution in [0.4, 0.5) is 4.39 Å². The summed E-state index contributed by atoms with van der Waals surface area (Å²) < 4.78 is 13.2. The third kappa shape index (κ3) is 2.51. The Morgan fingerprint density at radius 2 is 1.71 bits per heavy atom. The zero-order valence-corrected chi connectivity index (χ0v) is 12.9. The molecule has 0 saturated carbocycles. The van der Waals surface area contributed by atoms with Crippen molar-refractivity contribution in [2.45, 2.75) is 12.2 Å². The highest BCUT2D eigenvalue weighted by Gasteiger charge is 2.35. The molecule has 3 rings (SSSR count). The SMILES string of the molecule is C=NC(N)(CF)c1cccc(CN2C(=O)c3ccccc3C2=O)c1. The van der Waals surface area contributed by atoms with Crippen LogP contribution in [0.5, 0.6) is 0 Å². The quantitative estimate of drug-likeness (QED) is 0.677. The van der Waals surface area contributed by atoms with Gasteiger partial charge >= 0.3 is 0 Å². The number of rotatable bonds is 5. The fraction of sp³-hybridized carbons (Fsp3) is 0.167. The lowest BCUT2D eigenvalue weighted by atomic mass is 10.00. The standard InChI is InChI=1S/C18H16FN3O2/c1-21-18(20,11-19)13-6-4-5-12(9-13)10-22-16(23)14-7-2-3-8-15(14)17(22)24/h2-9H,1,10-11,20H2. The Hall–Kier alpha value is -2.86. The van der Waals surface area contributed by atoms with Gasteiger partial charge < -0.3 is 5.73 Å². The van der Waals surface area contributed by atoms with Crippen LogP contribution in [-0.4, -0.2) is 30.1 Å². The zero-order valence-electron chi connectivity index (χ0n) is 12.9. The number of hydrogen-bond donors (Lipinski definition) is 1. The van der Waals surface area contributed by atoms with Gasteiger partial charge in [0, 0.05) is 0 Å². The molecule has 0 aromatic heterocycles. The third-order valence-corrected chi connectivity index (χ3v) is 4.13. The van der Waals surface area contributed by atoms with E-state index < -0.39 is 12.3 Å². The second-order valence-electron chi connectivity index (χ2n) is 5.66. The van der Waals surface area contributed by atoms with Gasteiger partial charge in [-0.25, -0.2) is 4.39 Å². The number of nitrogens with zero attached hydrogens (tertiary/aromatic N) is 2. The number of amides is 2. The first-order valence-electron chi connectivity index (χ1n) is 7.37. The highest BCUT2D eigenvalue weighted by atomic mass is 19.1. The normalized spacial score (nSPS) is 16.0. The molecule has 122 valence electrons. The molecule has 1 aliphatic rings. The minimum atomic E-state index is -1.53. The predicted molar refractivity (Wildman–Crippen MR) is 88.5 cm³/mol. The number of nitrogens with two attached hydrogens (primary N) is 1. The number of halogens is 1. The number of fused-ring (bicyclic) bond motifs is 1. The minimum absolute atomic E-state index is 0.0830. The molecule has 1 heterocycles. The molecule has 0 bridgehead atoms. The number of carbonyl (C=O) groups excluding carboxylic acids is 2. The van der Waals surface area contributed by atoms with E-state index in [2.05, 4.69) is 11.7 Å². The first-order valence-corrected chi connectivity index (χ1v) is 7.37. The summed E-state index contributed by atoms with van der Waals surface area (Å²) in [5.74, 6) is -0.681. The number of alkyl halides is 1. The summed E-state index contributed by atoms with van der Waals surface area (Å²) in [5, 5.41) is 0. The fourth-order valence-electron chi connectivity index (χ4n) is 2.71. The maximum atomic E-state index is 13.2. The Balaban J connectivity index is 1.90. The van der Waals surface area contributed by atoms with E-state index in [4.69, 9.17) is 5.73 Å². The van der Waals surface area contributed by atoms with E-state index in [0.29, 0.717) is 22.3 Å². The molecule has 24 heavy (non-hydrogen) atoms. The molecule has 1 unspecified atom stereocenters. The lowest BCUT2D eigenvalue weighted by Crippen LogP contribution is -2.37. The molecule has 2 aromatic rings. The molecule has 2 aromatic carbocycles. The van der Waals surface area contributed by atoms with Crippen LogP contribution in [0.3, 0.4) is 0 Å². The van der Waals surface area contributed by atoms with Crippen LogP contribution in [0.15, 0.2) is 53.5 Å². The summed E-state index contributed by atoms with van der Waals surface area (Å²) >= 11 is 0. The fourth-order valence-corrected chi connectivity index (χ4v) is 2.71. The zero-order chi connectivity index (χ0) is 17.3. The summed E-state index contributed by atoms with van der Waals surface area (Å²) in [6, 6.07) is 13.4. The lowest BCUT2D eigenvalue weighted by molar-refractivity contribution is 0.0642. The van der Waals surface area contributed by atoms with Crippen LogP contribution in [0.2, 0.25) is 0 Å². The molecule has 5 nitrogen and oxygen atoms in total. The average molecular weight is 325 g/mol. The number of imide groups is 1. The summed E-state index contributed by atoms with van der Waals surface area (Å²) in [6.07, 6.45) is 0. The lowest BCUT2D eigenvalue weighted by Gasteiger charge is -2.22. The van der Waals surface area contributed by atoms with Crippen LogP contribution in [0, 0.1) is 0 Å². The van der Waals surface area contributed by atoms with Crippen molar-refractivity contribution in [2.24, 2.45) is 10.7 Å². The smallest absolute Gasteiger partial charge is 0.261 e. The molecular formula is C18H16FN3O2. The van der Waals surface area contributed by atoms with E-state index in [1.165, 1.54) is 4.90 Å². The van der Waals surface area contributed by atoms with Gasteiger partial charge in [0.25, 0.3) is 11.8 Å². The minimum Gasteiger partial charge on any atom is -0.301 e. The van der Waals surface area contributed by atoms with Gasteiger partial charge in [0.2, 0.25) is 0 Å². The molecule has 1 atom stereocenters. The number of carbonyl (C=O) groups is 2. The number of benzene rings is 2. The van der Waals surface area contributed by atoms with Gasteiger partial charge in [0.1, 0.15) is 6.67 Å². The van der Waals surface area contributed by atoms with Gasteiger partial charge in [0.05, 0.1) is 17.7 Å². The number of aliphatic imine (C=N–C) groups is 1. The van der Waals surface area contributed by atoms with E-state index in [0.717, 1.165) is 0 Å². The van der Waals surface area contributed by atoms with Crippen LogP contribution in [0.1, 0.15) is 31.8 Å². The largest absolute Gasteiger partial charge is 0.301 e. The van der Waals surface area contributed by atoms with Crippen molar-refractivity contribution >= 4 is 18.5 Å². The van der Waals surface area contributed by atoms with E-state index >= 15 is 0 Å². The topological polar surface area (TPSA) is 75.8 Å². The molecule has 0 saturated heterocycles. The van der Waals surface area contributed by atoms with Gasteiger partial charge in [0.15, 0.2) is 5.66 Å². The molecular weight excluding hydrogens is 309 g/mol. The van der Waals surface area contributed by atoms with E-state index in [-0.39, 0.29) is 18.4 Å². The second kappa shape index (κ2) is 5.98. The van der Waals surface area contributed by atoms with Gasteiger partial charge in [-0.2, -0.15) is 0 Å². The van der Waals surface area contributed by atoms with Gasteiger partial charge in [-0.1, -0.05) is 36.4 Å². The van der Waals surface area contributed by atoms with Gasteiger partial charge in [-0.3, -0.25) is 19.5 Å². The molecule has 0 spiro atoms. The summed E-state index contributed by atoms with van der Waals surface area (Å²) in [6.45, 7) is 2.52. The van der Waals surface area contributed by atoms with Crippen LogP contribution in [-0.2, 0) is 12.2 Å². The predicted octanol–water partition coefficient (Wildman–Crippen LogP) is 2.26. The molecule has 2 N–H and O–H groups in total. The molecule has 0 radical (unpaired) electrons. The first kappa shape index (κ1) is 16.0. The van der Waals surface area contributed by atoms with Crippen LogP contribution in [0.25, 0.3) is 0 Å². The van der Waals surface area contributed by atoms with Crippen molar-refractivity contribution < 1.29 is 14.0 Å². The Labute approximate surface area is 138 Å². The Morgan fingerprint density at radius 1 is 1.08 bits per heavy atom. The summed E-state index contributed by atoms with van der Waals surface area (Å²) in [4.78, 5) is 29.6. The molecule has 1 aliphatic heterocycles. The Bertz CT molecular complexity index is 802. The van der Waals surface area contributed by atoms with Crippen molar-refractivity contribution in [1.82, 2.24) is 4.90 Å². The molecule has 0 fully saturated rings.